The molecular weight excluding hydrogens is 887 g/mol. The van der Waals surface area contributed by atoms with Crippen molar-refractivity contribution in [3.8, 4) is 0 Å². The fourth-order valence-electron chi connectivity index (χ4n) is 4.94. The number of unbranched alkanes of at least 4 members (excludes halogenated alkanes) is 3. The van der Waals surface area contributed by atoms with Crippen LogP contribution in [-0.2, 0) is 0 Å². The third-order valence-electron chi connectivity index (χ3n) is 12.2. The van der Waals surface area contributed by atoms with Crippen LogP contribution in [-0.4, -0.2) is 61.4 Å². The summed E-state index contributed by atoms with van der Waals surface area (Å²) >= 11 is 0. The number of aryl methyl sites for hydroxylation is 4. The fraction of sp³-hybridized carbons (Fsp3) is 0.603. The van der Waals surface area contributed by atoms with Crippen molar-refractivity contribution in [3.63, 3.8) is 0 Å². The van der Waals surface area contributed by atoms with Gasteiger partial charge < -0.3 is 19.6 Å². The molecule has 0 aliphatic rings. The molecule has 0 aliphatic heterocycles. The SMILES string of the molecule is C/C=C\C.CC(C)(C)C(C)(C)C.CC(C)=C(C)C.CC(C)c1cc(C(C)C)cc(N(C)C)c1.CCCC.CCCCC.CN(C)c1ccccc1.Cc1cc(C)cc(N(C)C)c1.Cc1cc(N(C)C)cc(C)n1. The van der Waals surface area contributed by atoms with E-state index in [9.17, 15) is 0 Å². The Kier molecular flexibility index (Phi) is 46.5. The minimum atomic E-state index is 0.437. The molecule has 1 aromatic heterocycles. The number of pyridine rings is 1. The summed E-state index contributed by atoms with van der Waals surface area (Å²) in [5.41, 5.74) is 16.5. The van der Waals surface area contributed by atoms with Crippen molar-refractivity contribution in [3.05, 3.63) is 136 Å². The first-order valence-electron chi connectivity index (χ1n) is 27.7. The highest BCUT2D eigenvalue weighted by molar-refractivity contribution is 5.52. The van der Waals surface area contributed by atoms with E-state index in [1.54, 1.807) is 0 Å². The van der Waals surface area contributed by atoms with Gasteiger partial charge in [0.05, 0.1) is 0 Å². The lowest BCUT2D eigenvalue weighted by molar-refractivity contribution is 0.157. The minimum Gasteiger partial charge on any atom is -0.378 e. The van der Waals surface area contributed by atoms with Gasteiger partial charge in [0.15, 0.2) is 0 Å². The standard InChI is InChI=1S/C14H23N.C10H15N.C9H14N2.C8H11N.C8H18.C6H12.C5H12.C4H10.C4H8/c1-10(2)12-7-13(11(3)4)9-14(8-12)15(5)6;1-8-5-9(2)7-10(6-8)11(3)4;1-7-5-9(11(3)4)6-8(2)10-7;1-9(2)8-6-4-3-5-7-8;1-7(2,3)8(4,5)6;1-5(2)6(3)4;1-3-5-4-2;2*1-3-4-2/h7-11H,1-6H3;5-7H,1-4H3;5-6H,1-4H3;3-7H,1-2H3;1-6H3;1-4H3;3-5H2,1-2H3;3-4H2,1-2H3;3-4H,1-2H3/b;;;;;;;;4-3-. The molecular formula is C68H123N5. The van der Waals surface area contributed by atoms with Crippen LogP contribution < -0.4 is 19.6 Å². The van der Waals surface area contributed by atoms with Gasteiger partial charge in [-0.25, -0.2) is 0 Å². The Morgan fingerprint density at radius 1 is 0.438 bits per heavy atom. The molecule has 0 saturated carbocycles. The highest BCUT2D eigenvalue weighted by atomic mass is 15.1. The predicted octanol–water partition coefficient (Wildman–Crippen LogP) is 20.9. The van der Waals surface area contributed by atoms with Gasteiger partial charge >= 0.3 is 0 Å². The highest BCUT2D eigenvalue weighted by Gasteiger charge is 2.26. The van der Waals surface area contributed by atoms with Crippen LogP contribution in [0.5, 0.6) is 0 Å². The van der Waals surface area contributed by atoms with Gasteiger partial charge in [-0.2, -0.15) is 0 Å². The molecule has 0 atom stereocenters. The molecule has 3 aromatic carbocycles. The molecule has 4 rings (SSSR count). The van der Waals surface area contributed by atoms with Crippen molar-refractivity contribution in [2.45, 2.75) is 210 Å². The molecule has 1 heterocycles. The topological polar surface area (TPSA) is 25.9 Å². The Labute approximate surface area is 458 Å². The molecule has 5 nitrogen and oxygen atoms in total. The van der Waals surface area contributed by atoms with E-state index in [1.165, 1.54) is 88.3 Å². The van der Waals surface area contributed by atoms with Crippen LogP contribution >= 0.6 is 0 Å². The summed E-state index contributed by atoms with van der Waals surface area (Å²) in [4.78, 5) is 12.8. The maximum absolute atomic E-state index is 4.29. The van der Waals surface area contributed by atoms with Gasteiger partial charge in [0.2, 0.25) is 0 Å². The summed E-state index contributed by atoms with van der Waals surface area (Å²) in [5, 5.41) is 0. The lowest BCUT2D eigenvalue weighted by Crippen LogP contribution is -2.25. The van der Waals surface area contributed by atoms with Gasteiger partial charge in [-0.3, -0.25) is 4.98 Å². The molecule has 0 fully saturated rings. The lowest BCUT2D eigenvalue weighted by Gasteiger charge is -2.34. The van der Waals surface area contributed by atoms with Gasteiger partial charge in [-0.05, 0) is 163 Å². The molecule has 5 heteroatoms. The van der Waals surface area contributed by atoms with E-state index in [-0.39, 0.29) is 0 Å². The van der Waals surface area contributed by atoms with Gasteiger partial charge in [-0.15, -0.1) is 0 Å². The van der Waals surface area contributed by atoms with E-state index < -0.39 is 0 Å². The van der Waals surface area contributed by atoms with Crippen LogP contribution in [0, 0.1) is 38.5 Å². The first-order chi connectivity index (χ1) is 33.5. The maximum atomic E-state index is 4.29. The van der Waals surface area contributed by atoms with E-state index in [0.717, 1.165) is 11.4 Å². The molecule has 0 amide bonds. The minimum absolute atomic E-state index is 0.437. The smallest absolute Gasteiger partial charge is 0.0397 e. The Bertz CT molecular complexity index is 1770. The second kappa shape index (κ2) is 43.8. The summed E-state index contributed by atoms with van der Waals surface area (Å²) < 4.78 is 0. The molecule has 420 valence electrons. The summed E-state index contributed by atoms with van der Waals surface area (Å²) in [6, 6.07) is 27.9. The number of rotatable bonds is 9. The number of nitrogens with zero attached hydrogens (tertiary/aromatic N) is 5. The lowest BCUT2D eigenvalue weighted by atomic mass is 9.71. The fourth-order valence-corrected chi connectivity index (χ4v) is 4.94. The first kappa shape index (κ1) is 77.4. The van der Waals surface area contributed by atoms with Gasteiger partial charge in [0.25, 0.3) is 0 Å². The third kappa shape index (κ3) is 44.7. The predicted molar refractivity (Wildman–Crippen MR) is 343 cm³/mol. The second-order valence-corrected chi connectivity index (χ2v) is 23.1. The Balaban J connectivity index is -0.000000245. The van der Waals surface area contributed by atoms with Crippen LogP contribution in [0.15, 0.2) is 102 Å². The summed E-state index contributed by atoms with van der Waals surface area (Å²) in [6.07, 6.45) is 10.7. The molecule has 0 aliphatic carbocycles. The molecule has 0 spiro atoms. The van der Waals surface area contributed by atoms with Gasteiger partial charge in [0, 0.05) is 90.5 Å². The van der Waals surface area contributed by atoms with Crippen LogP contribution in [0.1, 0.15) is 216 Å². The van der Waals surface area contributed by atoms with E-state index in [2.05, 4.69) is 252 Å². The molecule has 0 saturated heterocycles. The summed E-state index contributed by atoms with van der Waals surface area (Å²) in [6.45, 7) is 52.2. The number of anilines is 4. The number of para-hydroxylation sites is 1. The van der Waals surface area contributed by atoms with Crippen molar-refractivity contribution in [2.75, 3.05) is 76.0 Å². The van der Waals surface area contributed by atoms with Crippen LogP contribution in [0.25, 0.3) is 0 Å². The van der Waals surface area contributed by atoms with Crippen molar-refractivity contribution in [1.82, 2.24) is 4.98 Å². The van der Waals surface area contributed by atoms with Crippen LogP contribution in [0.2, 0.25) is 0 Å². The average molecular weight is 1010 g/mol. The largest absolute Gasteiger partial charge is 0.378 e. The number of hydrogen-bond donors (Lipinski definition) is 0. The van der Waals surface area contributed by atoms with Crippen molar-refractivity contribution in [2.24, 2.45) is 10.8 Å². The monoisotopic (exact) mass is 1010 g/mol. The third-order valence-corrected chi connectivity index (χ3v) is 12.2. The second-order valence-electron chi connectivity index (χ2n) is 23.1. The van der Waals surface area contributed by atoms with Crippen molar-refractivity contribution >= 4 is 22.7 Å². The highest BCUT2D eigenvalue weighted by Crippen LogP contribution is 2.36. The molecule has 0 N–H and O–H groups in total. The Morgan fingerprint density at radius 2 is 0.740 bits per heavy atom. The zero-order valence-corrected chi connectivity index (χ0v) is 54.6. The molecule has 73 heavy (non-hydrogen) atoms. The van der Waals surface area contributed by atoms with Crippen LogP contribution in [0.3, 0.4) is 0 Å². The number of hydrogen-bond acceptors (Lipinski definition) is 5. The summed E-state index contributed by atoms with van der Waals surface area (Å²) in [7, 11) is 16.5. The quantitative estimate of drug-likeness (QED) is 0.156. The maximum Gasteiger partial charge on any atom is 0.0397 e. The number of benzene rings is 3. The Hall–Kier alpha value is -4.51. The normalized spacial score (nSPS) is 10.1. The molecule has 0 radical (unpaired) electrons. The number of allylic oxidation sites excluding steroid dienone is 4. The van der Waals surface area contributed by atoms with Gasteiger partial charge in [-0.1, -0.05) is 183 Å². The zero-order valence-electron chi connectivity index (χ0n) is 54.6. The summed E-state index contributed by atoms with van der Waals surface area (Å²) in [5.74, 6) is 1.20. The first-order valence-corrected chi connectivity index (χ1v) is 27.7. The van der Waals surface area contributed by atoms with Crippen LogP contribution in [0.4, 0.5) is 22.7 Å². The van der Waals surface area contributed by atoms with Gasteiger partial charge in [0.1, 0.15) is 0 Å². The van der Waals surface area contributed by atoms with E-state index >= 15 is 0 Å². The number of aromatic nitrogens is 1. The molecule has 0 bridgehead atoms. The zero-order chi connectivity index (χ0) is 58.2. The molecule has 0 unspecified atom stereocenters. The Morgan fingerprint density at radius 3 is 0.945 bits per heavy atom. The van der Waals surface area contributed by atoms with E-state index in [0.29, 0.717) is 22.7 Å². The van der Waals surface area contributed by atoms with Crippen molar-refractivity contribution < 1.29 is 0 Å². The van der Waals surface area contributed by atoms with E-state index in [4.69, 9.17) is 0 Å². The average Bonchev–Trinajstić information content (AvgIpc) is 3.29. The molecule has 4 aromatic rings. The van der Waals surface area contributed by atoms with Crippen molar-refractivity contribution in [1.29, 1.82) is 0 Å². The van der Waals surface area contributed by atoms with E-state index in [1.807, 2.05) is 86.2 Å².